The quantitative estimate of drug-likeness (QED) is 0.699. The van der Waals surface area contributed by atoms with Crippen LogP contribution < -0.4 is 15.4 Å². The highest BCUT2D eigenvalue weighted by Crippen LogP contribution is 2.16. The van der Waals surface area contributed by atoms with Crippen molar-refractivity contribution in [3.8, 4) is 0 Å². The molecule has 0 aliphatic carbocycles. The number of sulfonamides is 1. The maximum absolute atomic E-state index is 12.1. The van der Waals surface area contributed by atoms with Crippen LogP contribution in [0, 0.1) is 0 Å². The Kier molecular flexibility index (Phi) is 6.12. The third-order valence-corrected chi connectivity index (χ3v) is 4.32. The van der Waals surface area contributed by atoms with Crippen molar-refractivity contribution in [1.29, 1.82) is 0 Å². The molecule has 0 radical (unpaired) electrons. The van der Waals surface area contributed by atoms with Gasteiger partial charge in [0.05, 0.1) is 11.4 Å². The van der Waals surface area contributed by atoms with Crippen LogP contribution in [0.4, 0.5) is 5.69 Å². The second kappa shape index (κ2) is 7.37. The number of amides is 1. The lowest BCUT2D eigenvalue weighted by Crippen LogP contribution is -2.32. The molecule has 0 bridgehead atoms. The molecule has 1 aromatic carbocycles. The van der Waals surface area contributed by atoms with Crippen LogP contribution in [0.3, 0.4) is 0 Å². The fraction of sp³-hybridized carbons (Fsp3) is 0.462. The van der Waals surface area contributed by atoms with E-state index >= 15 is 0 Å². The molecule has 7 heteroatoms. The predicted octanol–water partition coefficient (Wildman–Crippen LogP) is 0.921. The van der Waals surface area contributed by atoms with E-state index < -0.39 is 10.0 Å². The average Bonchev–Trinajstić information content (AvgIpc) is 2.38. The SMILES string of the molecule is CCC(C)NS(=O)(=O)c1cccc(NC(=O)CNC)c1. The molecule has 1 atom stereocenters. The first-order valence-electron chi connectivity index (χ1n) is 6.46. The van der Waals surface area contributed by atoms with Crippen LogP contribution >= 0.6 is 0 Å². The van der Waals surface area contributed by atoms with Crippen LogP contribution in [0.25, 0.3) is 0 Å². The molecule has 0 aliphatic heterocycles. The molecule has 6 nitrogen and oxygen atoms in total. The lowest BCUT2D eigenvalue weighted by molar-refractivity contribution is -0.115. The molecule has 0 saturated heterocycles. The third kappa shape index (κ3) is 4.92. The zero-order valence-corrected chi connectivity index (χ0v) is 12.8. The van der Waals surface area contributed by atoms with Gasteiger partial charge in [-0.15, -0.1) is 0 Å². The number of nitrogens with one attached hydrogen (secondary N) is 3. The number of rotatable bonds is 7. The molecule has 1 amide bonds. The molecule has 0 fully saturated rings. The number of likely N-dealkylation sites (N-methyl/N-ethyl adjacent to an activating group) is 1. The van der Waals surface area contributed by atoms with E-state index in [1.807, 2.05) is 6.92 Å². The minimum Gasteiger partial charge on any atom is -0.325 e. The van der Waals surface area contributed by atoms with Crippen molar-refractivity contribution in [2.24, 2.45) is 0 Å². The van der Waals surface area contributed by atoms with Crippen LogP contribution in [-0.2, 0) is 14.8 Å². The average molecular weight is 299 g/mol. The molecular formula is C13H21N3O3S. The monoisotopic (exact) mass is 299 g/mol. The van der Waals surface area contributed by atoms with E-state index in [0.717, 1.165) is 0 Å². The van der Waals surface area contributed by atoms with Gasteiger partial charge in [-0.2, -0.15) is 0 Å². The lowest BCUT2D eigenvalue weighted by atomic mass is 10.3. The van der Waals surface area contributed by atoms with Crippen molar-refractivity contribution in [3.05, 3.63) is 24.3 Å². The zero-order valence-electron chi connectivity index (χ0n) is 11.9. The third-order valence-electron chi connectivity index (χ3n) is 2.73. The van der Waals surface area contributed by atoms with Crippen molar-refractivity contribution in [2.75, 3.05) is 18.9 Å². The van der Waals surface area contributed by atoms with Gasteiger partial charge in [-0.3, -0.25) is 4.79 Å². The Morgan fingerprint density at radius 1 is 1.35 bits per heavy atom. The Balaban J connectivity index is 2.89. The molecular weight excluding hydrogens is 278 g/mol. The Morgan fingerprint density at radius 2 is 2.05 bits per heavy atom. The summed E-state index contributed by atoms with van der Waals surface area (Å²) < 4.78 is 26.8. The molecule has 3 N–H and O–H groups in total. The van der Waals surface area contributed by atoms with Gasteiger partial charge in [0, 0.05) is 11.7 Å². The Labute approximate surface area is 120 Å². The standard InChI is InChI=1S/C13H21N3O3S/c1-4-10(2)16-20(18,19)12-7-5-6-11(8-12)15-13(17)9-14-3/h5-8,10,14,16H,4,9H2,1-3H3,(H,15,17). The lowest BCUT2D eigenvalue weighted by Gasteiger charge is -2.13. The van der Waals surface area contributed by atoms with Crippen molar-refractivity contribution in [2.45, 2.75) is 31.2 Å². The van der Waals surface area contributed by atoms with Gasteiger partial charge < -0.3 is 10.6 Å². The summed E-state index contributed by atoms with van der Waals surface area (Å²) in [6, 6.07) is 6.05. The summed E-state index contributed by atoms with van der Waals surface area (Å²) in [7, 11) is -1.90. The molecule has 1 unspecified atom stereocenters. The number of anilines is 1. The Morgan fingerprint density at radius 3 is 2.65 bits per heavy atom. The Bertz CT molecular complexity index is 558. The van der Waals surface area contributed by atoms with Crippen LogP contribution in [0.15, 0.2) is 29.2 Å². The molecule has 20 heavy (non-hydrogen) atoms. The number of carbonyl (C=O) groups is 1. The first kappa shape index (κ1) is 16.6. The van der Waals surface area contributed by atoms with Crippen molar-refractivity contribution < 1.29 is 13.2 Å². The molecule has 0 heterocycles. The first-order valence-corrected chi connectivity index (χ1v) is 7.94. The van der Waals surface area contributed by atoms with Gasteiger partial charge in [0.25, 0.3) is 0 Å². The number of hydrogen-bond donors (Lipinski definition) is 3. The highest BCUT2D eigenvalue weighted by molar-refractivity contribution is 7.89. The van der Waals surface area contributed by atoms with Crippen LogP contribution in [0.2, 0.25) is 0 Å². The van der Waals surface area contributed by atoms with Gasteiger partial charge in [-0.25, -0.2) is 13.1 Å². The molecule has 1 aromatic rings. The van der Waals surface area contributed by atoms with E-state index in [1.54, 1.807) is 26.1 Å². The van der Waals surface area contributed by atoms with Gasteiger partial charge in [-0.05, 0) is 38.6 Å². The summed E-state index contributed by atoms with van der Waals surface area (Å²) in [6.45, 7) is 3.87. The number of carbonyl (C=O) groups excluding carboxylic acids is 1. The van der Waals surface area contributed by atoms with Crippen LogP contribution in [-0.4, -0.2) is 34.0 Å². The highest BCUT2D eigenvalue weighted by Gasteiger charge is 2.17. The predicted molar refractivity (Wildman–Crippen MR) is 79.1 cm³/mol. The topological polar surface area (TPSA) is 87.3 Å². The van der Waals surface area contributed by atoms with E-state index in [2.05, 4.69) is 15.4 Å². The van der Waals surface area contributed by atoms with Gasteiger partial charge in [0.1, 0.15) is 0 Å². The van der Waals surface area contributed by atoms with Gasteiger partial charge in [-0.1, -0.05) is 13.0 Å². The fourth-order valence-electron chi connectivity index (χ4n) is 1.52. The molecule has 1 rings (SSSR count). The largest absolute Gasteiger partial charge is 0.325 e. The summed E-state index contributed by atoms with van der Waals surface area (Å²) in [6.07, 6.45) is 0.706. The van der Waals surface area contributed by atoms with Crippen molar-refractivity contribution >= 4 is 21.6 Å². The summed E-state index contributed by atoms with van der Waals surface area (Å²) in [5.41, 5.74) is 0.456. The fourth-order valence-corrected chi connectivity index (χ4v) is 2.90. The second-order valence-electron chi connectivity index (χ2n) is 4.54. The van der Waals surface area contributed by atoms with Gasteiger partial charge in [0.2, 0.25) is 15.9 Å². The van der Waals surface area contributed by atoms with E-state index in [1.165, 1.54) is 12.1 Å². The maximum Gasteiger partial charge on any atom is 0.240 e. The van der Waals surface area contributed by atoms with E-state index in [0.29, 0.717) is 12.1 Å². The summed E-state index contributed by atoms with van der Waals surface area (Å²) >= 11 is 0. The van der Waals surface area contributed by atoms with Gasteiger partial charge in [0.15, 0.2) is 0 Å². The second-order valence-corrected chi connectivity index (χ2v) is 6.25. The molecule has 0 aliphatic rings. The van der Waals surface area contributed by atoms with Crippen LogP contribution in [0.5, 0.6) is 0 Å². The first-order chi connectivity index (χ1) is 9.39. The van der Waals surface area contributed by atoms with Crippen LogP contribution in [0.1, 0.15) is 20.3 Å². The van der Waals surface area contributed by atoms with Gasteiger partial charge >= 0.3 is 0 Å². The molecule has 0 aromatic heterocycles. The zero-order chi connectivity index (χ0) is 15.2. The van der Waals surface area contributed by atoms with E-state index in [4.69, 9.17) is 0 Å². The molecule has 0 saturated carbocycles. The minimum atomic E-state index is -3.56. The van der Waals surface area contributed by atoms with Crippen molar-refractivity contribution in [1.82, 2.24) is 10.0 Å². The summed E-state index contributed by atoms with van der Waals surface area (Å²) in [5, 5.41) is 5.35. The maximum atomic E-state index is 12.1. The molecule has 0 spiro atoms. The summed E-state index contributed by atoms with van der Waals surface area (Å²) in [5.74, 6) is -0.225. The van der Waals surface area contributed by atoms with E-state index in [-0.39, 0.29) is 23.4 Å². The summed E-state index contributed by atoms with van der Waals surface area (Å²) in [4.78, 5) is 11.6. The smallest absolute Gasteiger partial charge is 0.240 e. The molecule has 112 valence electrons. The highest BCUT2D eigenvalue weighted by atomic mass is 32.2. The van der Waals surface area contributed by atoms with Crippen molar-refractivity contribution in [3.63, 3.8) is 0 Å². The number of hydrogen-bond acceptors (Lipinski definition) is 4. The van der Waals surface area contributed by atoms with E-state index in [9.17, 15) is 13.2 Å². The normalized spacial score (nSPS) is 12.9. The number of benzene rings is 1. The Hall–Kier alpha value is -1.44. The minimum absolute atomic E-state index is 0.137.